The largest absolute Gasteiger partial charge is 0.384 e. The minimum atomic E-state index is -1.57. The number of hydrogen-bond acceptors (Lipinski definition) is 1. The number of hydrogen-bond donors (Lipinski definition) is 1. The highest BCUT2D eigenvalue weighted by atomic mass is 28.3. The molecule has 4 rings (SSSR count). The molecule has 24 heavy (non-hydrogen) atoms. The smallest absolute Gasteiger partial charge is 0.129 e. The Kier molecular flexibility index (Phi) is 3.12. The number of aliphatic hydroxyl groups excluding tert-OH is 1. The molecule has 1 nitrogen and oxygen atoms in total. The van der Waals surface area contributed by atoms with E-state index in [1.807, 2.05) is 48.5 Å². The van der Waals surface area contributed by atoms with Crippen molar-refractivity contribution in [2.24, 2.45) is 0 Å². The Hall–Kier alpha value is -2.34. The van der Waals surface area contributed by atoms with Crippen LogP contribution in [0.4, 0.5) is 0 Å². The molecule has 0 heterocycles. The van der Waals surface area contributed by atoms with Crippen molar-refractivity contribution in [3.63, 3.8) is 0 Å². The van der Waals surface area contributed by atoms with Gasteiger partial charge in [0.05, 0.1) is 1.37 Å². The summed E-state index contributed by atoms with van der Waals surface area (Å²) in [5, 5.41) is 12.8. The maximum atomic E-state index is 11.0. The van der Waals surface area contributed by atoms with Gasteiger partial charge in [0.25, 0.3) is 0 Å². The van der Waals surface area contributed by atoms with Gasteiger partial charge in [-0.25, -0.2) is 0 Å². The van der Waals surface area contributed by atoms with Crippen molar-refractivity contribution < 1.29 is 6.48 Å². The van der Waals surface area contributed by atoms with Crippen LogP contribution in [0.3, 0.4) is 0 Å². The zero-order valence-corrected chi connectivity index (χ0v) is 15.1. The molecule has 0 fully saturated rings. The second-order valence-electron chi connectivity index (χ2n) is 7.32. The molecule has 1 aliphatic rings. The Morgan fingerprint density at radius 1 is 1.00 bits per heavy atom. The van der Waals surface area contributed by atoms with Gasteiger partial charge in [0.1, 0.15) is 14.2 Å². The summed E-state index contributed by atoms with van der Waals surface area (Å²) < 4.78 is 8.74. The van der Waals surface area contributed by atoms with Crippen molar-refractivity contribution >= 4 is 18.8 Å². The van der Waals surface area contributed by atoms with Crippen LogP contribution in [-0.2, 0) is 0 Å². The van der Waals surface area contributed by atoms with Crippen LogP contribution in [0.1, 0.15) is 24.2 Å². The molecule has 0 saturated carbocycles. The second kappa shape index (κ2) is 5.34. The molecule has 118 valence electrons. The van der Waals surface area contributed by atoms with Gasteiger partial charge in [0.2, 0.25) is 0 Å². The number of benzene rings is 3. The predicted molar refractivity (Wildman–Crippen MR) is 104 cm³/mol. The summed E-state index contributed by atoms with van der Waals surface area (Å²) in [5.41, 5.74) is 7.79. The molecule has 1 atom stereocenters. The fraction of sp³-hybridized carbons (Fsp3) is 0.182. The molecular formula is C22H20OSi. The van der Waals surface area contributed by atoms with Crippen LogP contribution in [0.2, 0.25) is 19.6 Å². The molecule has 0 aromatic heterocycles. The molecule has 1 aliphatic carbocycles. The third kappa shape index (κ3) is 2.38. The van der Waals surface area contributed by atoms with E-state index in [0.29, 0.717) is 6.04 Å². The van der Waals surface area contributed by atoms with Crippen molar-refractivity contribution in [3.8, 4) is 22.6 Å². The summed E-state index contributed by atoms with van der Waals surface area (Å²) in [5.74, 6) is 3.39. The van der Waals surface area contributed by atoms with E-state index in [0.717, 1.165) is 38.6 Å². The van der Waals surface area contributed by atoms with Crippen molar-refractivity contribution in [1.82, 2.24) is 0 Å². The fourth-order valence-electron chi connectivity index (χ4n) is 3.27. The Labute approximate surface area is 145 Å². The lowest BCUT2D eigenvalue weighted by Crippen LogP contribution is -2.16. The van der Waals surface area contributed by atoms with Gasteiger partial charge < -0.3 is 5.11 Å². The lowest BCUT2D eigenvalue weighted by Gasteiger charge is -2.12. The number of fused-ring (bicyclic) bond motifs is 4. The number of rotatable bonds is 0. The Morgan fingerprint density at radius 2 is 1.71 bits per heavy atom. The average Bonchev–Trinajstić information content (AvgIpc) is 2.88. The third-order valence-corrected chi connectivity index (χ3v) is 5.23. The second-order valence-corrected chi connectivity index (χ2v) is 12.1. The maximum absolute atomic E-state index is 11.0. The summed E-state index contributed by atoms with van der Waals surface area (Å²) >= 11 is 0. The van der Waals surface area contributed by atoms with E-state index in [2.05, 4.69) is 31.1 Å². The normalized spacial score (nSPS) is 16.2. The van der Waals surface area contributed by atoms with Crippen LogP contribution in [0.5, 0.6) is 0 Å². The monoisotopic (exact) mass is 329 g/mol. The lowest BCUT2D eigenvalue weighted by molar-refractivity contribution is 0.225. The van der Waals surface area contributed by atoms with Crippen LogP contribution >= 0.6 is 0 Å². The molecule has 0 amide bonds. The highest BCUT2D eigenvalue weighted by Gasteiger charge is 2.30. The van der Waals surface area contributed by atoms with E-state index in [4.69, 9.17) is 1.37 Å². The van der Waals surface area contributed by atoms with Crippen LogP contribution in [0, 0.1) is 11.5 Å². The zero-order chi connectivity index (χ0) is 17.8. The van der Waals surface area contributed by atoms with E-state index in [9.17, 15) is 5.11 Å². The summed E-state index contributed by atoms with van der Waals surface area (Å²) in [6.45, 7) is 6.64. The molecule has 1 N–H and O–H groups in total. The summed E-state index contributed by atoms with van der Waals surface area (Å²) in [4.78, 5) is 0. The Morgan fingerprint density at radius 3 is 2.50 bits per heavy atom. The van der Waals surface area contributed by atoms with E-state index < -0.39 is 14.2 Å². The first-order chi connectivity index (χ1) is 11.9. The molecule has 2 heteroatoms. The Balaban J connectivity index is 2.16. The van der Waals surface area contributed by atoms with Crippen molar-refractivity contribution in [2.45, 2.75) is 25.7 Å². The molecule has 0 bridgehead atoms. The van der Waals surface area contributed by atoms with Crippen LogP contribution in [0.15, 0.2) is 54.6 Å². The average molecular weight is 329 g/mol. The molecule has 0 radical (unpaired) electrons. The minimum absolute atomic E-state index is 0.480. The van der Waals surface area contributed by atoms with Gasteiger partial charge >= 0.3 is 0 Å². The fourth-order valence-corrected chi connectivity index (χ4v) is 3.77. The highest BCUT2D eigenvalue weighted by molar-refractivity contribution is 6.83. The highest BCUT2D eigenvalue weighted by Crippen LogP contribution is 2.46. The van der Waals surface area contributed by atoms with Gasteiger partial charge in [-0.15, -0.1) is 5.54 Å². The topological polar surface area (TPSA) is 20.2 Å². The molecule has 3 aromatic carbocycles. The predicted octanol–water partition coefficient (Wildman–Crippen LogP) is 5.13. The van der Waals surface area contributed by atoms with Crippen molar-refractivity contribution in [2.75, 3.05) is 0 Å². The molecule has 0 spiro atoms. The first-order valence-electron chi connectivity index (χ1n) is 8.74. The molecule has 3 aromatic rings. The summed E-state index contributed by atoms with van der Waals surface area (Å²) in [7, 11) is -1.57. The third-order valence-electron chi connectivity index (χ3n) is 4.36. The van der Waals surface area contributed by atoms with Crippen LogP contribution in [0.25, 0.3) is 21.9 Å². The first-order valence-corrected chi connectivity index (χ1v) is 11.7. The zero-order valence-electron chi connectivity index (χ0n) is 15.1. The summed E-state index contributed by atoms with van der Waals surface area (Å²) in [6, 6.07) is 16.2. The van der Waals surface area contributed by atoms with Crippen LogP contribution in [-0.4, -0.2) is 13.2 Å². The molecule has 0 aliphatic heterocycles. The van der Waals surface area contributed by atoms with Gasteiger partial charge in [0.15, 0.2) is 0 Å². The van der Waals surface area contributed by atoms with E-state index in [-0.39, 0.29) is 0 Å². The molecular weight excluding hydrogens is 308 g/mol. The van der Waals surface area contributed by atoms with Gasteiger partial charge in [-0.05, 0) is 33.5 Å². The van der Waals surface area contributed by atoms with Gasteiger partial charge in [-0.1, -0.05) is 74.1 Å². The standard InChI is InChI=1S/C22H20OSi/c1-24(2,3)13-12-18-16-9-5-4-8-15(16)14-20-17-10-6-7-11-19(17)22(23)21(18)20/h4-11,14,22-23H,1-3H3/i14D. The molecule has 0 saturated heterocycles. The van der Waals surface area contributed by atoms with E-state index >= 15 is 0 Å². The first kappa shape index (κ1) is 14.0. The minimum Gasteiger partial charge on any atom is -0.384 e. The van der Waals surface area contributed by atoms with Gasteiger partial charge in [0, 0.05) is 11.1 Å². The molecule has 1 unspecified atom stereocenters. The quantitative estimate of drug-likeness (QED) is 0.448. The van der Waals surface area contributed by atoms with Crippen molar-refractivity contribution in [1.29, 1.82) is 0 Å². The Bertz CT molecular complexity index is 1070. The summed E-state index contributed by atoms with van der Waals surface area (Å²) in [6.07, 6.45) is -0.717. The van der Waals surface area contributed by atoms with Crippen LogP contribution < -0.4 is 0 Å². The van der Waals surface area contributed by atoms with Gasteiger partial charge in [-0.2, -0.15) is 0 Å². The number of aliphatic hydroxyl groups is 1. The van der Waals surface area contributed by atoms with Crippen molar-refractivity contribution in [3.05, 3.63) is 71.3 Å². The van der Waals surface area contributed by atoms with E-state index in [1.165, 1.54) is 0 Å². The van der Waals surface area contributed by atoms with Gasteiger partial charge in [-0.3, -0.25) is 0 Å². The maximum Gasteiger partial charge on any atom is 0.129 e. The van der Waals surface area contributed by atoms with E-state index in [1.54, 1.807) is 0 Å². The SMILES string of the molecule is [2H]c1c2c(c(C#C[Si](C)(C)C)c3ccccc13)C(O)c1ccccc1-2. The lowest BCUT2D eigenvalue weighted by atomic mass is 9.94.